The molecule has 1 unspecified atom stereocenters. The van der Waals surface area contributed by atoms with E-state index in [4.69, 9.17) is 18.9 Å². The Hall–Kier alpha value is -3.47. The number of fused-ring (bicyclic) bond motifs is 1. The molecule has 0 bridgehead atoms. The molecule has 11 heteroatoms. The first-order valence-corrected chi connectivity index (χ1v) is 11.3. The van der Waals surface area contributed by atoms with Crippen molar-refractivity contribution in [2.45, 2.75) is 30.8 Å². The molecule has 2 aromatic rings. The van der Waals surface area contributed by atoms with Crippen LogP contribution in [0.3, 0.4) is 0 Å². The monoisotopic (exact) mass is 464 g/mol. The van der Waals surface area contributed by atoms with Gasteiger partial charge in [0.1, 0.15) is 5.75 Å². The van der Waals surface area contributed by atoms with Gasteiger partial charge in [0.2, 0.25) is 12.9 Å². The van der Waals surface area contributed by atoms with Crippen molar-refractivity contribution >= 4 is 22.0 Å². The third kappa shape index (κ3) is 5.05. The second-order valence-electron chi connectivity index (χ2n) is 6.84. The van der Waals surface area contributed by atoms with E-state index in [1.165, 1.54) is 32.4 Å². The first kappa shape index (κ1) is 23.2. The van der Waals surface area contributed by atoms with Gasteiger partial charge in [-0.3, -0.25) is 0 Å². The van der Waals surface area contributed by atoms with Crippen LogP contribution in [-0.4, -0.2) is 41.4 Å². The number of rotatable bonds is 8. The number of urea groups is 1. The molecule has 3 rings (SSSR count). The maximum Gasteiger partial charge on any atom is 0.351 e. The van der Waals surface area contributed by atoms with Crippen molar-refractivity contribution in [3.05, 3.63) is 47.5 Å². The van der Waals surface area contributed by atoms with E-state index in [9.17, 15) is 18.0 Å². The number of methoxy groups -OCH3 is 1. The number of hydrogen-bond donors (Lipinski definition) is 2. The summed E-state index contributed by atoms with van der Waals surface area (Å²) < 4.78 is 48.4. The number of sulfonamides is 1. The van der Waals surface area contributed by atoms with E-state index < -0.39 is 28.1 Å². The van der Waals surface area contributed by atoms with E-state index in [1.807, 2.05) is 11.6 Å². The Bertz CT molecular complexity index is 1120. The van der Waals surface area contributed by atoms with E-state index in [0.717, 1.165) is 0 Å². The largest absolute Gasteiger partial charge is 0.474 e. The minimum Gasteiger partial charge on any atom is -0.474 e. The Morgan fingerprint density at radius 3 is 2.56 bits per heavy atom. The molecule has 172 valence electrons. The fourth-order valence-corrected chi connectivity index (χ4v) is 4.11. The number of nitrogens with one attached hydrogen (secondary N) is 2. The number of carbonyl (C=O) groups excluding carboxylic acids is 2. The molecular formula is C21H24N2O8S. The van der Waals surface area contributed by atoms with Crippen LogP contribution in [0.25, 0.3) is 0 Å². The molecule has 0 spiro atoms. The molecule has 1 aliphatic heterocycles. The molecule has 2 aromatic carbocycles. The minimum absolute atomic E-state index is 0.0865. The number of aryl methyl sites for hydroxylation is 1. The quantitative estimate of drug-likeness (QED) is 0.569. The van der Waals surface area contributed by atoms with Crippen molar-refractivity contribution in [3.63, 3.8) is 0 Å². The maximum absolute atomic E-state index is 12.5. The van der Waals surface area contributed by atoms with Gasteiger partial charge in [-0.1, -0.05) is 19.4 Å². The summed E-state index contributed by atoms with van der Waals surface area (Å²) in [5.41, 5.74) is 1.04. The van der Waals surface area contributed by atoms with Crippen LogP contribution in [0.5, 0.6) is 17.2 Å². The molecule has 0 fully saturated rings. The van der Waals surface area contributed by atoms with Crippen molar-refractivity contribution < 1.29 is 37.0 Å². The fourth-order valence-electron chi connectivity index (χ4n) is 3.10. The lowest BCUT2D eigenvalue weighted by atomic mass is 10.1. The zero-order chi connectivity index (χ0) is 23.3. The number of ether oxygens (including phenoxy) is 4. The molecule has 1 heterocycles. The van der Waals surface area contributed by atoms with Crippen LogP contribution in [0.1, 0.15) is 30.6 Å². The van der Waals surface area contributed by atoms with E-state index in [1.54, 1.807) is 18.2 Å². The molecule has 2 N–H and O–H groups in total. The molecule has 10 nitrogen and oxygen atoms in total. The number of benzene rings is 2. The molecule has 0 aromatic heterocycles. The molecular weight excluding hydrogens is 440 g/mol. The Kier molecular flexibility index (Phi) is 7.08. The van der Waals surface area contributed by atoms with E-state index >= 15 is 0 Å². The zero-order valence-corrected chi connectivity index (χ0v) is 18.7. The van der Waals surface area contributed by atoms with Gasteiger partial charge in [0.05, 0.1) is 12.0 Å². The Morgan fingerprint density at radius 2 is 1.88 bits per heavy atom. The van der Waals surface area contributed by atoms with Crippen molar-refractivity contribution in [1.82, 2.24) is 10.0 Å². The Balaban J connectivity index is 1.95. The van der Waals surface area contributed by atoms with Crippen LogP contribution in [0, 0.1) is 0 Å². The van der Waals surface area contributed by atoms with E-state index in [0.29, 0.717) is 41.2 Å². The molecule has 32 heavy (non-hydrogen) atoms. The highest BCUT2D eigenvalue weighted by Crippen LogP contribution is 2.36. The summed E-state index contributed by atoms with van der Waals surface area (Å²) in [7, 11) is -1.52. The van der Waals surface area contributed by atoms with Crippen molar-refractivity contribution in [2.75, 3.05) is 21.0 Å². The third-order valence-electron chi connectivity index (χ3n) is 4.68. The zero-order valence-electron chi connectivity index (χ0n) is 17.8. The van der Waals surface area contributed by atoms with Crippen molar-refractivity contribution in [3.8, 4) is 17.2 Å². The number of esters is 1. The normalized spacial score (nSPS) is 13.2. The predicted octanol–water partition coefficient (Wildman–Crippen LogP) is 2.28. The standard InChI is InChI=1S/C21H24N2O8S/c1-4-5-13-10-15(32(26,27)23-21(25)22-2)7-9-16(13)31-19(20(24)28-3)14-6-8-17-18(11-14)30-12-29-17/h6-11,19H,4-5,12H2,1-3H3,(H2,22,23,25). The van der Waals surface area contributed by atoms with Crippen LogP contribution in [0.4, 0.5) is 4.79 Å². The first-order chi connectivity index (χ1) is 15.3. The highest BCUT2D eigenvalue weighted by Gasteiger charge is 2.28. The van der Waals surface area contributed by atoms with Gasteiger partial charge < -0.3 is 24.3 Å². The van der Waals surface area contributed by atoms with Crippen molar-refractivity contribution in [2.24, 2.45) is 0 Å². The Labute approximate surface area is 185 Å². The van der Waals surface area contributed by atoms with Gasteiger partial charge in [-0.15, -0.1) is 0 Å². The van der Waals surface area contributed by atoms with Gasteiger partial charge in [-0.2, -0.15) is 0 Å². The highest BCUT2D eigenvalue weighted by molar-refractivity contribution is 7.90. The Morgan fingerprint density at radius 1 is 1.12 bits per heavy atom. The third-order valence-corrected chi connectivity index (χ3v) is 6.00. The molecule has 2 amide bonds. The van der Waals surface area contributed by atoms with E-state index in [2.05, 4.69) is 5.32 Å². The lowest BCUT2D eigenvalue weighted by molar-refractivity contribution is -0.149. The summed E-state index contributed by atoms with van der Waals surface area (Å²) in [5.74, 6) is 0.723. The van der Waals surface area contributed by atoms with Crippen LogP contribution in [0.2, 0.25) is 0 Å². The summed E-state index contributed by atoms with van der Waals surface area (Å²) in [6.07, 6.45) is 0.0557. The van der Waals surface area contributed by atoms with E-state index in [-0.39, 0.29) is 11.7 Å². The van der Waals surface area contributed by atoms with Gasteiger partial charge in [0, 0.05) is 12.6 Å². The van der Waals surface area contributed by atoms with Crippen LogP contribution < -0.4 is 24.2 Å². The number of carbonyl (C=O) groups is 2. The lowest BCUT2D eigenvalue weighted by Crippen LogP contribution is -2.37. The first-order valence-electron chi connectivity index (χ1n) is 9.80. The summed E-state index contributed by atoms with van der Waals surface area (Å²) >= 11 is 0. The number of hydrogen-bond acceptors (Lipinski definition) is 8. The maximum atomic E-state index is 12.5. The van der Waals surface area contributed by atoms with Gasteiger partial charge in [-0.25, -0.2) is 22.7 Å². The summed E-state index contributed by atoms with van der Waals surface area (Å²) in [6.45, 7) is 2.01. The average Bonchev–Trinajstić information content (AvgIpc) is 3.25. The van der Waals surface area contributed by atoms with Gasteiger partial charge in [0.15, 0.2) is 11.5 Å². The molecule has 0 radical (unpaired) electrons. The van der Waals surface area contributed by atoms with Crippen LogP contribution >= 0.6 is 0 Å². The van der Waals surface area contributed by atoms with Gasteiger partial charge >= 0.3 is 12.0 Å². The average molecular weight is 464 g/mol. The minimum atomic E-state index is -4.08. The van der Waals surface area contributed by atoms with Crippen LogP contribution in [0.15, 0.2) is 41.3 Å². The molecule has 0 saturated heterocycles. The molecule has 0 saturated carbocycles. The fraction of sp³-hybridized carbons (Fsp3) is 0.333. The lowest BCUT2D eigenvalue weighted by Gasteiger charge is -2.20. The summed E-state index contributed by atoms with van der Waals surface area (Å²) in [5, 5.41) is 2.20. The second-order valence-corrected chi connectivity index (χ2v) is 8.52. The molecule has 1 aliphatic rings. The molecule has 1 atom stereocenters. The van der Waals surface area contributed by atoms with Gasteiger partial charge in [0.25, 0.3) is 10.0 Å². The summed E-state index contributed by atoms with van der Waals surface area (Å²) in [6, 6.07) is 8.29. The topological polar surface area (TPSA) is 129 Å². The number of amides is 2. The second kappa shape index (κ2) is 9.77. The predicted molar refractivity (Wildman–Crippen MR) is 113 cm³/mol. The SMILES string of the molecule is CCCc1cc(S(=O)(=O)NC(=O)NC)ccc1OC(C(=O)OC)c1ccc2c(c1)OCO2. The van der Waals surface area contributed by atoms with Gasteiger partial charge in [-0.05, 0) is 42.3 Å². The van der Waals surface area contributed by atoms with Crippen LogP contribution in [-0.2, 0) is 26.0 Å². The highest BCUT2D eigenvalue weighted by atomic mass is 32.2. The van der Waals surface area contributed by atoms with Crippen molar-refractivity contribution in [1.29, 1.82) is 0 Å². The summed E-state index contributed by atoms with van der Waals surface area (Å²) in [4.78, 5) is 23.9. The smallest absolute Gasteiger partial charge is 0.351 e. The molecule has 0 aliphatic carbocycles.